The van der Waals surface area contributed by atoms with Crippen molar-refractivity contribution in [3.05, 3.63) is 42.2 Å². The number of nitrogens with zero attached hydrogens (tertiary/aromatic N) is 3. The van der Waals surface area contributed by atoms with Crippen molar-refractivity contribution in [3.63, 3.8) is 0 Å². The lowest BCUT2D eigenvalue weighted by Crippen LogP contribution is -2.04. The Hall–Kier alpha value is -1.68. The van der Waals surface area contributed by atoms with Gasteiger partial charge in [-0.05, 0) is 19.1 Å². The zero-order valence-electron chi connectivity index (χ0n) is 7.96. The molecule has 1 aromatic carbocycles. The minimum atomic E-state index is -0.0764. The lowest BCUT2D eigenvalue weighted by Gasteiger charge is -1.98. The number of hydrogen-bond donors (Lipinski definition) is 1. The van der Waals surface area contributed by atoms with E-state index >= 15 is 0 Å². The average molecular weight is 188 g/mol. The summed E-state index contributed by atoms with van der Waals surface area (Å²) in [5.74, 6) is 0. The normalized spacial score (nSPS) is 12.7. The summed E-state index contributed by atoms with van der Waals surface area (Å²) in [6, 6.07) is 9.75. The van der Waals surface area contributed by atoms with Crippen molar-refractivity contribution in [2.75, 3.05) is 0 Å². The molecule has 1 atom stereocenters. The van der Waals surface area contributed by atoms with Gasteiger partial charge in [0.2, 0.25) is 0 Å². The van der Waals surface area contributed by atoms with Crippen LogP contribution in [0.5, 0.6) is 0 Å². The number of para-hydroxylation sites is 1. The lowest BCUT2D eigenvalue weighted by atomic mass is 10.3. The van der Waals surface area contributed by atoms with Crippen LogP contribution in [0.1, 0.15) is 18.7 Å². The second-order valence-corrected chi connectivity index (χ2v) is 3.21. The van der Waals surface area contributed by atoms with Gasteiger partial charge in [0.25, 0.3) is 0 Å². The largest absolute Gasteiger partial charge is 0.323 e. The molecule has 0 unspecified atom stereocenters. The fraction of sp³-hybridized carbons (Fsp3) is 0.200. The molecule has 0 aliphatic carbocycles. The zero-order chi connectivity index (χ0) is 9.97. The van der Waals surface area contributed by atoms with Gasteiger partial charge in [-0.2, -0.15) is 0 Å². The van der Waals surface area contributed by atoms with Crippen LogP contribution in [0, 0.1) is 0 Å². The number of nitrogens with two attached hydrogens (primary N) is 1. The van der Waals surface area contributed by atoms with E-state index in [2.05, 4.69) is 10.3 Å². The van der Waals surface area contributed by atoms with Gasteiger partial charge in [-0.3, -0.25) is 0 Å². The smallest absolute Gasteiger partial charge is 0.0995 e. The molecule has 0 bridgehead atoms. The van der Waals surface area contributed by atoms with Crippen LogP contribution in [0.25, 0.3) is 5.69 Å². The summed E-state index contributed by atoms with van der Waals surface area (Å²) in [5, 5.41) is 7.97. The van der Waals surface area contributed by atoms with Crippen molar-refractivity contribution in [2.24, 2.45) is 5.73 Å². The van der Waals surface area contributed by atoms with Crippen LogP contribution in [0.15, 0.2) is 36.5 Å². The molecule has 0 saturated heterocycles. The van der Waals surface area contributed by atoms with E-state index in [1.165, 1.54) is 0 Å². The Morgan fingerprint density at radius 1 is 1.29 bits per heavy atom. The van der Waals surface area contributed by atoms with Gasteiger partial charge < -0.3 is 5.73 Å². The molecule has 0 aliphatic heterocycles. The Morgan fingerprint density at radius 2 is 2.00 bits per heavy atom. The van der Waals surface area contributed by atoms with Crippen LogP contribution >= 0.6 is 0 Å². The standard InChI is InChI=1S/C10H12N4/c1-8(11)10-7-14(13-12-10)9-5-3-2-4-6-9/h2-8H,11H2,1H3/t8-/m1/s1. The Bertz CT molecular complexity index is 405. The summed E-state index contributed by atoms with van der Waals surface area (Å²) < 4.78 is 1.72. The van der Waals surface area contributed by atoms with Gasteiger partial charge in [0.15, 0.2) is 0 Å². The molecule has 1 heterocycles. The number of rotatable bonds is 2. The predicted molar refractivity (Wildman–Crippen MR) is 54.0 cm³/mol. The molecule has 2 aromatic rings. The third-order valence-electron chi connectivity index (χ3n) is 2.00. The number of aromatic nitrogens is 3. The monoisotopic (exact) mass is 188 g/mol. The van der Waals surface area contributed by atoms with Crippen molar-refractivity contribution < 1.29 is 0 Å². The van der Waals surface area contributed by atoms with Gasteiger partial charge in [-0.25, -0.2) is 4.68 Å². The molecule has 0 saturated carbocycles. The van der Waals surface area contributed by atoms with E-state index in [0.717, 1.165) is 11.4 Å². The maximum Gasteiger partial charge on any atom is 0.0995 e. The maximum atomic E-state index is 5.69. The second-order valence-electron chi connectivity index (χ2n) is 3.21. The first-order chi connectivity index (χ1) is 6.77. The lowest BCUT2D eigenvalue weighted by molar-refractivity contribution is 0.756. The number of hydrogen-bond acceptors (Lipinski definition) is 3. The minimum absolute atomic E-state index is 0.0764. The molecule has 2 N–H and O–H groups in total. The molecule has 72 valence electrons. The Balaban J connectivity index is 2.34. The molecular weight excluding hydrogens is 176 g/mol. The molecule has 14 heavy (non-hydrogen) atoms. The Morgan fingerprint density at radius 3 is 2.57 bits per heavy atom. The Kier molecular flexibility index (Phi) is 2.28. The van der Waals surface area contributed by atoms with Crippen molar-refractivity contribution in [1.29, 1.82) is 0 Å². The highest BCUT2D eigenvalue weighted by atomic mass is 15.4. The summed E-state index contributed by atoms with van der Waals surface area (Å²) in [4.78, 5) is 0. The van der Waals surface area contributed by atoms with Gasteiger partial charge in [0.05, 0.1) is 17.6 Å². The summed E-state index contributed by atoms with van der Waals surface area (Å²) in [5.41, 5.74) is 7.48. The van der Waals surface area contributed by atoms with E-state index in [4.69, 9.17) is 5.73 Å². The van der Waals surface area contributed by atoms with E-state index in [1.54, 1.807) is 4.68 Å². The van der Waals surface area contributed by atoms with Crippen LogP contribution in [-0.2, 0) is 0 Å². The van der Waals surface area contributed by atoms with Crippen molar-refractivity contribution in [2.45, 2.75) is 13.0 Å². The van der Waals surface area contributed by atoms with Gasteiger partial charge in [0, 0.05) is 6.04 Å². The van der Waals surface area contributed by atoms with Crippen LogP contribution in [0.4, 0.5) is 0 Å². The summed E-state index contributed by atoms with van der Waals surface area (Å²) in [6.07, 6.45) is 1.85. The first-order valence-corrected chi connectivity index (χ1v) is 4.50. The average Bonchev–Trinajstić information content (AvgIpc) is 2.68. The van der Waals surface area contributed by atoms with Gasteiger partial charge in [-0.15, -0.1) is 5.10 Å². The van der Waals surface area contributed by atoms with Crippen molar-refractivity contribution in [1.82, 2.24) is 15.0 Å². The SMILES string of the molecule is C[C@@H](N)c1cn(-c2ccccc2)nn1. The first-order valence-electron chi connectivity index (χ1n) is 4.50. The van der Waals surface area contributed by atoms with Crippen molar-refractivity contribution in [3.8, 4) is 5.69 Å². The molecule has 0 spiro atoms. The van der Waals surface area contributed by atoms with Crippen LogP contribution < -0.4 is 5.73 Å². The van der Waals surface area contributed by atoms with Gasteiger partial charge >= 0.3 is 0 Å². The first kappa shape index (κ1) is 8.90. The molecule has 0 radical (unpaired) electrons. The van der Waals surface area contributed by atoms with Crippen molar-refractivity contribution >= 4 is 0 Å². The third kappa shape index (κ3) is 1.65. The molecule has 0 amide bonds. The third-order valence-corrected chi connectivity index (χ3v) is 2.00. The van der Waals surface area contributed by atoms with E-state index in [0.29, 0.717) is 0 Å². The van der Waals surface area contributed by atoms with Crippen LogP contribution in [0.3, 0.4) is 0 Å². The molecule has 2 rings (SSSR count). The van der Waals surface area contributed by atoms with Gasteiger partial charge in [-0.1, -0.05) is 23.4 Å². The minimum Gasteiger partial charge on any atom is -0.323 e. The Labute approximate surface area is 82.4 Å². The van der Waals surface area contributed by atoms with Crippen LogP contribution in [0.2, 0.25) is 0 Å². The van der Waals surface area contributed by atoms with Gasteiger partial charge in [0.1, 0.15) is 0 Å². The predicted octanol–water partition coefficient (Wildman–Crippen LogP) is 1.29. The molecule has 1 aromatic heterocycles. The van der Waals surface area contributed by atoms with E-state index in [-0.39, 0.29) is 6.04 Å². The molecular formula is C10H12N4. The zero-order valence-corrected chi connectivity index (χ0v) is 7.96. The summed E-state index contributed by atoms with van der Waals surface area (Å²) in [6.45, 7) is 1.89. The molecule has 4 heteroatoms. The summed E-state index contributed by atoms with van der Waals surface area (Å²) in [7, 11) is 0. The number of benzene rings is 1. The highest BCUT2D eigenvalue weighted by molar-refractivity contribution is 5.30. The quantitative estimate of drug-likeness (QED) is 0.772. The fourth-order valence-electron chi connectivity index (χ4n) is 1.19. The fourth-order valence-corrected chi connectivity index (χ4v) is 1.19. The second kappa shape index (κ2) is 3.59. The van der Waals surface area contributed by atoms with E-state index in [1.807, 2.05) is 43.5 Å². The molecule has 4 nitrogen and oxygen atoms in total. The molecule has 0 aliphatic rings. The topological polar surface area (TPSA) is 56.7 Å². The summed E-state index contributed by atoms with van der Waals surface area (Å²) >= 11 is 0. The van der Waals surface area contributed by atoms with Crippen LogP contribution in [-0.4, -0.2) is 15.0 Å². The van der Waals surface area contributed by atoms with E-state index in [9.17, 15) is 0 Å². The highest BCUT2D eigenvalue weighted by Crippen LogP contribution is 2.09. The molecule has 0 fully saturated rings. The maximum absolute atomic E-state index is 5.69. The highest BCUT2D eigenvalue weighted by Gasteiger charge is 2.05. The van der Waals surface area contributed by atoms with E-state index < -0.39 is 0 Å².